The summed E-state index contributed by atoms with van der Waals surface area (Å²) in [5, 5.41) is 13.3. The van der Waals surface area contributed by atoms with Crippen LogP contribution in [0.1, 0.15) is 47.5 Å². The molecule has 0 saturated carbocycles. The predicted octanol–water partition coefficient (Wildman–Crippen LogP) is 2.19. The first-order valence-electron chi connectivity index (χ1n) is 5.19. The molecule has 81 valence electrons. The SMILES string of the molecule is CC(C)C1(C)CC(=O)CC(C)(C)N1[O]. The van der Waals surface area contributed by atoms with Crippen LogP contribution in [-0.2, 0) is 10.0 Å². The Labute approximate surface area is 86.1 Å². The average molecular weight is 198 g/mol. The topological polar surface area (TPSA) is 40.2 Å². The monoisotopic (exact) mass is 198 g/mol. The van der Waals surface area contributed by atoms with Crippen molar-refractivity contribution in [2.24, 2.45) is 5.92 Å². The van der Waals surface area contributed by atoms with Crippen molar-refractivity contribution in [3.63, 3.8) is 0 Å². The molecular formula is C11H20NO2. The third-order valence-corrected chi connectivity index (χ3v) is 3.44. The summed E-state index contributed by atoms with van der Waals surface area (Å²) in [5.41, 5.74) is -1.08. The number of hydroxylamine groups is 2. The molecule has 1 unspecified atom stereocenters. The van der Waals surface area contributed by atoms with Gasteiger partial charge in [0.2, 0.25) is 0 Å². The van der Waals surface area contributed by atoms with Crippen LogP contribution in [0.25, 0.3) is 0 Å². The number of nitrogens with zero attached hydrogens (tertiary/aromatic N) is 1. The first-order valence-corrected chi connectivity index (χ1v) is 5.19. The molecule has 1 aliphatic rings. The van der Waals surface area contributed by atoms with Crippen LogP contribution in [0.4, 0.5) is 0 Å². The van der Waals surface area contributed by atoms with Crippen LogP contribution < -0.4 is 0 Å². The first-order chi connectivity index (χ1) is 6.20. The van der Waals surface area contributed by atoms with Gasteiger partial charge in [-0.1, -0.05) is 13.8 Å². The van der Waals surface area contributed by atoms with Gasteiger partial charge in [0.25, 0.3) is 0 Å². The highest BCUT2D eigenvalue weighted by atomic mass is 16.5. The maximum atomic E-state index is 12.1. The third kappa shape index (κ3) is 1.71. The van der Waals surface area contributed by atoms with Crippen molar-refractivity contribution in [1.82, 2.24) is 5.06 Å². The Kier molecular flexibility index (Phi) is 2.76. The van der Waals surface area contributed by atoms with E-state index in [9.17, 15) is 10.0 Å². The van der Waals surface area contributed by atoms with E-state index in [-0.39, 0.29) is 11.7 Å². The lowest BCUT2D eigenvalue weighted by molar-refractivity contribution is -0.294. The Morgan fingerprint density at radius 3 is 2.14 bits per heavy atom. The van der Waals surface area contributed by atoms with Crippen molar-refractivity contribution in [2.45, 2.75) is 58.5 Å². The number of carbonyl (C=O) groups excluding carboxylic acids is 1. The number of rotatable bonds is 1. The van der Waals surface area contributed by atoms with Crippen molar-refractivity contribution in [1.29, 1.82) is 0 Å². The number of carbonyl (C=O) groups is 1. The van der Waals surface area contributed by atoms with Gasteiger partial charge in [0.15, 0.2) is 0 Å². The van der Waals surface area contributed by atoms with E-state index in [0.29, 0.717) is 12.8 Å². The molecule has 0 aromatic heterocycles. The Morgan fingerprint density at radius 1 is 1.21 bits per heavy atom. The van der Waals surface area contributed by atoms with Crippen LogP contribution in [0, 0.1) is 5.92 Å². The highest BCUT2D eigenvalue weighted by molar-refractivity contribution is 5.81. The molecule has 1 atom stereocenters. The molecule has 3 heteroatoms. The fourth-order valence-corrected chi connectivity index (χ4v) is 2.22. The Balaban J connectivity index is 3.02. The van der Waals surface area contributed by atoms with E-state index in [0.717, 1.165) is 5.06 Å². The van der Waals surface area contributed by atoms with Crippen molar-refractivity contribution in [3.8, 4) is 0 Å². The van der Waals surface area contributed by atoms with E-state index < -0.39 is 11.1 Å². The normalized spacial score (nSPS) is 33.8. The molecule has 3 nitrogen and oxygen atoms in total. The van der Waals surface area contributed by atoms with Gasteiger partial charge in [-0.05, 0) is 26.7 Å². The molecule has 1 rings (SSSR count). The zero-order chi connectivity index (χ0) is 11.1. The Morgan fingerprint density at radius 2 is 1.71 bits per heavy atom. The van der Waals surface area contributed by atoms with Crippen molar-refractivity contribution >= 4 is 5.78 Å². The average Bonchev–Trinajstić information content (AvgIpc) is 1.98. The van der Waals surface area contributed by atoms with Gasteiger partial charge < -0.3 is 0 Å². The van der Waals surface area contributed by atoms with E-state index in [1.807, 2.05) is 34.6 Å². The minimum absolute atomic E-state index is 0.198. The predicted molar refractivity (Wildman–Crippen MR) is 54.1 cm³/mol. The lowest BCUT2D eigenvalue weighted by Crippen LogP contribution is -2.62. The smallest absolute Gasteiger partial charge is 0.136 e. The van der Waals surface area contributed by atoms with Gasteiger partial charge in [-0.25, -0.2) is 0 Å². The highest BCUT2D eigenvalue weighted by Gasteiger charge is 2.49. The number of hydrogen-bond donors (Lipinski definition) is 0. The van der Waals surface area contributed by atoms with Crippen LogP contribution in [0.5, 0.6) is 0 Å². The van der Waals surface area contributed by atoms with Gasteiger partial charge in [0, 0.05) is 12.8 Å². The van der Waals surface area contributed by atoms with Crippen molar-refractivity contribution in [2.75, 3.05) is 0 Å². The molecule has 1 fully saturated rings. The summed E-state index contributed by atoms with van der Waals surface area (Å²) in [6.45, 7) is 9.58. The Bertz CT molecular complexity index is 248. The molecule has 0 N–H and O–H groups in total. The lowest BCUT2D eigenvalue weighted by atomic mass is 9.74. The van der Waals surface area contributed by atoms with E-state index in [2.05, 4.69) is 0 Å². The van der Waals surface area contributed by atoms with E-state index in [4.69, 9.17) is 0 Å². The van der Waals surface area contributed by atoms with Gasteiger partial charge in [-0.3, -0.25) is 4.79 Å². The molecule has 14 heavy (non-hydrogen) atoms. The molecule has 1 heterocycles. The van der Waals surface area contributed by atoms with Crippen LogP contribution in [0.3, 0.4) is 0 Å². The van der Waals surface area contributed by atoms with Crippen LogP contribution in [0.2, 0.25) is 0 Å². The number of hydrogen-bond acceptors (Lipinski definition) is 2. The molecule has 0 aliphatic carbocycles. The van der Waals surface area contributed by atoms with Crippen LogP contribution in [0.15, 0.2) is 0 Å². The molecule has 0 spiro atoms. The number of Topliss-reactive ketones (excluding diaryl/α,β-unsaturated/α-hetero) is 1. The van der Waals surface area contributed by atoms with Gasteiger partial charge in [0.1, 0.15) is 5.78 Å². The molecular weight excluding hydrogens is 178 g/mol. The fourth-order valence-electron chi connectivity index (χ4n) is 2.22. The Hall–Kier alpha value is -0.410. The van der Waals surface area contributed by atoms with E-state index in [1.165, 1.54) is 0 Å². The standard InChI is InChI=1S/C11H20NO2/c1-8(2)11(5)7-9(13)6-10(3,4)12(11)14/h8H,6-7H2,1-5H3. The molecule has 0 aromatic rings. The summed E-state index contributed by atoms with van der Waals surface area (Å²) in [5.74, 6) is 0.404. The summed E-state index contributed by atoms with van der Waals surface area (Å²) in [4.78, 5) is 11.6. The second-order valence-electron chi connectivity index (χ2n) is 5.51. The zero-order valence-electron chi connectivity index (χ0n) is 9.76. The van der Waals surface area contributed by atoms with E-state index >= 15 is 0 Å². The fraction of sp³-hybridized carbons (Fsp3) is 0.909. The molecule has 0 bridgehead atoms. The van der Waals surface area contributed by atoms with Crippen LogP contribution in [-0.4, -0.2) is 21.9 Å². The lowest BCUT2D eigenvalue weighted by Gasteiger charge is -2.49. The summed E-state index contributed by atoms with van der Waals surface area (Å²) in [6.07, 6.45) is 0.760. The first kappa shape index (κ1) is 11.7. The van der Waals surface area contributed by atoms with Crippen LogP contribution >= 0.6 is 0 Å². The summed E-state index contributed by atoms with van der Waals surface area (Å²) < 4.78 is 0. The zero-order valence-corrected chi connectivity index (χ0v) is 9.76. The minimum atomic E-state index is -0.547. The molecule has 1 aliphatic heterocycles. The van der Waals surface area contributed by atoms with Gasteiger partial charge in [-0.2, -0.15) is 0 Å². The second-order valence-corrected chi connectivity index (χ2v) is 5.51. The number of piperidine rings is 1. The summed E-state index contributed by atoms with van der Waals surface area (Å²) >= 11 is 0. The largest absolute Gasteiger partial charge is 0.300 e. The number of ketones is 1. The second kappa shape index (κ2) is 3.31. The molecule has 1 saturated heterocycles. The van der Waals surface area contributed by atoms with Crippen molar-refractivity contribution < 1.29 is 10.0 Å². The molecule has 0 aromatic carbocycles. The van der Waals surface area contributed by atoms with Gasteiger partial charge in [0.05, 0.1) is 11.1 Å². The minimum Gasteiger partial charge on any atom is -0.300 e. The highest BCUT2D eigenvalue weighted by Crippen LogP contribution is 2.39. The third-order valence-electron chi connectivity index (χ3n) is 3.44. The molecule has 1 radical (unpaired) electrons. The summed E-state index contributed by atoms with van der Waals surface area (Å²) in [6, 6.07) is 0. The van der Waals surface area contributed by atoms with Gasteiger partial charge in [-0.15, -0.1) is 10.3 Å². The summed E-state index contributed by atoms with van der Waals surface area (Å²) in [7, 11) is 0. The maximum absolute atomic E-state index is 12.1. The maximum Gasteiger partial charge on any atom is 0.136 e. The molecule has 0 amide bonds. The van der Waals surface area contributed by atoms with Gasteiger partial charge >= 0.3 is 0 Å². The van der Waals surface area contributed by atoms with E-state index in [1.54, 1.807) is 0 Å². The van der Waals surface area contributed by atoms with Crippen molar-refractivity contribution in [3.05, 3.63) is 0 Å². The quantitative estimate of drug-likeness (QED) is 0.648.